The molecule has 1 atom stereocenters. The molecule has 0 bridgehead atoms. The van der Waals surface area contributed by atoms with E-state index in [1.165, 1.54) is 16.9 Å². The maximum atomic E-state index is 13.1. The smallest absolute Gasteiger partial charge is 0.273 e. The van der Waals surface area contributed by atoms with Crippen LogP contribution in [0.1, 0.15) is 39.5 Å². The molecule has 3 aromatic rings. The highest BCUT2D eigenvalue weighted by atomic mass is 32.1. The van der Waals surface area contributed by atoms with Crippen molar-refractivity contribution in [3.63, 3.8) is 0 Å². The lowest BCUT2D eigenvalue weighted by molar-refractivity contribution is 0.0503. The van der Waals surface area contributed by atoms with Crippen LogP contribution >= 0.6 is 22.7 Å². The molecule has 2 aromatic heterocycles. The zero-order valence-electron chi connectivity index (χ0n) is 17.1. The largest absolute Gasteiger partial charge is 0.493 e. The Morgan fingerprint density at radius 2 is 2.23 bits per heavy atom. The highest BCUT2D eigenvalue weighted by molar-refractivity contribution is 7.09. The normalized spacial score (nSPS) is 16.0. The lowest BCUT2D eigenvalue weighted by Gasteiger charge is -2.25. The van der Waals surface area contributed by atoms with Gasteiger partial charge in [-0.15, -0.1) is 11.3 Å². The molecule has 0 N–H and O–H groups in total. The van der Waals surface area contributed by atoms with Crippen LogP contribution in [0.15, 0.2) is 46.5 Å². The summed E-state index contributed by atoms with van der Waals surface area (Å²) in [5.41, 5.74) is 2.85. The van der Waals surface area contributed by atoms with Crippen molar-refractivity contribution in [3.05, 3.63) is 68.3 Å². The van der Waals surface area contributed by atoms with Gasteiger partial charge < -0.3 is 14.4 Å². The SMILES string of the molecule is Cc1nc(C(=O)N(Cc2cccc(OCCc3ccsc3)c2)C[C@@H]2CCCO2)cs1. The Morgan fingerprint density at radius 1 is 1.30 bits per heavy atom. The van der Waals surface area contributed by atoms with Crippen molar-refractivity contribution in [1.29, 1.82) is 0 Å². The molecule has 1 saturated heterocycles. The average molecular weight is 443 g/mol. The van der Waals surface area contributed by atoms with Gasteiger partial charge in [-0.25, -0.2) is 4.98 Å². The van der Waals surface area contributed by atoms with Crippen molar-refractivity contribution >= 4 is 28.6 Å². The Hall–Kier alpha value is -2.22. The summed E-state index contributed by atoms with van der Waals surface area (Å²) in [6.45, 7) is 4.42. The molecule has 0 saturated carbocycles. The van der Waals surface area contributed by atoms with E-state index in [1.807, 2.05) is 41.5 Å². The Kier molecular flexibility index (Phi) is 7.15. The Morgan fingerprint density at radius 3 is 2.97 bits per heavy atom. The van der Waals surface area contributed by atoms with E-state index in [0.29, 0.717) is 25.4 Å². The highest BCUT2D eigenvalue weighted by Crippen LogP contribution is 2.21. The second-order valence-electron chi connectivity index (χ2n) is 7.45. The molecule has 0 aliphatic carbocycles. The van der Waals surface area contributed by atoms with Crippen LogP contribution in [0.3, 0.4) is 0 Å². The molecule has 158 valence electrons. The fraction of sp³-hybridized carbons (Fsp3) is 0.391. The van der Waals surface area contributed by atoms with Gasteiger partial charge in [0.05, 0.1) is 17.7 Å². The van der Waals surface area contributed by atoms with Gasteiger partial charge in [-0.3, -0.25) is 4.79 Å². The Bertz CT molecular complexity index is 949. The molecule has 0 unspecified atom stereocenters. The Labute approximate surface area is 185 Å². The fourth-order valence-corrected chi connectivity index (χ4v) is 4.84. The second-order valence-corrected chi connectivity index (χ2v) is 9.29. The molecular formula is C23H26N2O3S2. The van der Waals surface area contributed by atoms with Gasteiger partial charge in [0, 0.05) is 31.5 Å². The van der Waals surface area contributed by atoms with Crippen molar-refractivity contribution in [3.8, 4) is 5.75 Å². The Balaban J connectivity index is 1.42. The second kappa shape index (κ2) is 10.2. The van der Waals surface area contributed by atoms with Crippen molar-refractivity contribution in [1.82, 2.24) is 9.88 Å². The lowest BCUT2D eigenvalue weighted by atomic mass is 10.1. The first-order valence-corrected chi connectivity index (χ1v) is 12.1. The number of hydrogen-bond acceptors (Lipinski definition) is 6. The molecule has 1 fully saturated rings. The number of hydrogen-bond donors (Lipinski definition) is 0. The minimum Gasteiger partial charge on any atom is -0.493 e. The molecule has 1 aliphatic rings. The summed E-state index contributed by atoms with van der Waals surface area (Å²) in [7, 11) is 0. The maximum absolute atomic E-state index is 13.1. The number of carbonyl (C=O) groups is 1. The molecule has 5 nitrogen and oxygen atoms in total. The quantitative estimate of drug-likeness (QED) is 0.470. The predicted octanol–water partition coefficient (Wildman–Crippen LogP) is 4.96. The molecule has 1 amide bonds. The summed E-state index contributed by atoms with van der Waals surface area (Å²) in [6, 6.07) is 10.1. The molecule has 1 aliphatic heterocycles. The van der Waals surface area contributed by atoms with Crippen LogP contribution in [0.2, 0.25) is 0 Å². The van der Waals surface area contributed by atoms with Gasteiger partial charge in [0.25, 0.3) is 5.91 Å². The minimum absolute atomic E-state index is 0.0429. The molecule has 0 radical (unpaired) electrons. The number of ether oxygens (including phenoxy) is 2. The van der Waals surface area contributed by atoms with Crippen molar-refractivity contribution in [2.75, 3.05) is 19.8 Å². The summed E-state index contributed by atoms with van der Waals surface area (Å²) < 4.78 is 11.7. The number of thiazole rings is 1. The third kappa shape index (κ3) is 5.68. The fourth-order valence-electron chi connectivity index (χ4n) is 3.55. The van der Waals surface area contributed by atoms with Crippen LogP contribution in [-0.4, -0.2) is 41.7 Å². The zero-order valence-corrected chi connectivity index (χ0v) is 18.7. The van der Waals surface area contributed by atoms with Gasteiger partial charge in [-0.1, -0.05) is 12.1 Å². The van der Waals surface area contributed by atoms with Crippen LogP contribution in [0.25, 0.3) is 0 Å². The lowest BCUT2D eigenvalue weighted by Crippen LogP contribution is -2.37. The van der Waals surface area contributed by atoms with Crippen LogP contribution in [-0.2, 0) is 17.7 Å². The number of nitrogens with zero attached hydrogens (tertiary/aromatic N) is 2. The summed E-state index contributed by atoms with van der Waals surface area (Å²) in [6.07, 6.45) is 3.03. The number of thiophene rings is 1. The molecule has 1 aromatic carbocycles. The van der Waals surface area contributed by atoms with E-state index in [1.54, 1.807) is 11.3 Å². The summed E-state index contributed by atoms with van der Waals surface area (Å²) >= 11 is 3.20. The third-order valence-corrected chi connectivity index (χ3v) is 6.59. The molecule has 3 heterocycles. The monoisotopic (exact) mass is 442 g/mol. The van der Waals surface area contributed by atoms with Gasteiger partial charge >= 0.3 is 0 Å². The van der Waals surface area contributed by atoms with E-state index in [-0.39, 0.29) is 12.0 Å². The number of aromatic nitrogens is 1. The van der Waals surface area contributed by atoms with Crippen molar-refractivity contribution in [2.45, 2.75) is 38.8 Å². The van der Waals surface area contributed by atoms with Crippen LogP contribution in [0.4, 0.5) is 0 Å². The van der Waals surface area contributed by atoms with Gasteiger partial charge in [0.2, 0.25) is 0 Å². The van der Waals surface area contributed by atoms with Crippen LogP contribution in [0, 0.1) is 6.92 Å². The first-order chi connectivity index (χ1) is 14.7. The van der Waals surface area contributed by atoms with Crippen molar-refractivity contribution < 1.29 is 14.3 Å². The van der Waals surface area contributed by atoms with Gasteiger partial charge in [-0.2, -0.15) is 11.3 Å². The van der Waals surface area contributed by atoms with E-state index in [2.05, 4.69) is 21.8 Å². The number of aryl methyl sites for hydroxylation is 1. The van der Waals surface area contributed by atoms with E-state index >= 15 is 0 Å². The standard InChI is InChI=1S/C23H26N2O3S2/c1-17-24-22(16-30-17)23(26)25(14-21-6-3-9-27-21)13-19-4-2-5-20(12-19)28-10-7-18-8-11-29-15-18/h2,4-5,8,11-12,15-16,21H,3,6-7,9-10,13-14H2,1H3/t21-/m0/s1. The third-order valence-electron chi connectivity index (χ3n) is 5.08. The number of amides is 1. The van der Waals surface area contributed by atoms with E-state index in [0.717, 1.165) is 42.2 Å². The number of carbonyl (C=O) groups excluding carboxylic acids is 1. The van der Waals surface area contributed by atoms with E-state index in [4.69, 9.17) is 9.47 Å². The molecule has 30 heavy (non-hydrogen) atoms. The topological polar surface area (TPSA) is 51.7 Å². The zero-order chi connectivity index (χ0) is 20.8. The molecule has 0 spiro atoms. The maximum Gasteiger partial charge on any atom is 0.273 e. The molecular weight excluding hydrogens is 416 g/mol. The highest BCUT2D eigenvalue weighted by Gasteiger charge is 2.25. The average Bonchev–Trinajstić information content (AvgIpc) is 3.51. The van der Waals surface area contributed by atoms with Gasteiger partial charge in [0.1, 0.15) is 11.4 Å². The molecule has 4 rings (SSSR count). The number of rotatable bonds is 9. The van der Waals surface area contributed by atoms with Crippen LogP contribution in [0.5, 0.6) is 5.75 Å². The summed E-state index contributed by atoms with van der Waals surface area (Å²) in [4.78, 5) is 19.4. The van der Waals surface area contributed by atoms with Crippen molar-refractivity contribution in [2.24, 2.45) is 0 Å². The summed E-state index contributed by atoms with van der Waals surface area (Å²) in [5, 5.41) is 6.97. The predicted molar refractivity (Wildman–Crippen MR) is 121 cm³/mol. The minimum atomic E-state index is -0.0429. The summed E-state index contributed by atoms with van der Waals surface area (Å²) in [5.74, 6) is 0.787. The van der Waals surface area contributed by atoms with Gasteiger partial charge in [-0.05, 0) is 59.9 Å². The van der Waals surface area contributed by atoms with Crippen LogP contribution < -0.4 is 4.74 Å². The first kappa shape index (κ1) is 21.0. The van der Waals surface area contributed by atoms with E-state index < -0.39 is 0 Å². The first-order valence-electron chi connectivity index (χ1n) is 10.2. The van der Waals surface area contributed by atoms with E-state index in [9.17, 15) is 4.79 Å². The number of benzene rings is 1. The molecule has 7 heteroatoms. The van der Waals surface area contributed by atoms with Gasteiger partial charge in [0.15, 0.2) is 0 Å².